The summed E-state index contributed by atoms with van der Waals surface area (Å²) in [6.07, 6.45) is 0.973. The molecular weight excluding hydrogens is 260 g/mol. The quantitative estimate of drug-likeness (QED) is 0.567. The van der Waals surface area contributed by atoms with Gasteiger partial charge in [-0.2, -0.15) is 0 Å². The van der Waals surface area contributed by atoms with Gasteiger partial charge in [-0.15, -0.1) is 0 Å². The molecule has 0 bridgehead atoms. The van der Waals surface area contributed by atoms with Crippen molar-refractivity contribution in [2.75, 3.05) is 6.61 Å². The van der Waals surface area contributed by atoms with Gasteiger partial charge in [-0.25, -0.2) is 0 Å². The number of hydrogen-bond donors (Lipinski definition) is 0. The van der Waals surface area contributed by atoms with E-state index in [0.29, 0.717) is 17.7 Å². The van der Waals surface area contributed by atoms with Crippen LogP contribution in [0, 0.1) is 6.92 Å². The number of Topliss-reactive ketones (excluding diaryl/α,β-unsaturated/α-hetero) is 1. The number of hydrogen-bond acceptors (Lipinski definition) is 2. The van der Waals surface area contributed by atoms with Crippen molar-refractivity contribution in [1.29, 1.82) is 0 Å². The maximum atomic E-state index is 12.4. The Morgan fingerprint density at radius 2 is 1.57 bits per heavy atom. The van der Waals surface area contributed by atoms with Crippen molar-refractivity contribution in [3.8, 4) is 5.75 Å². The fourth-order valence-electron chi connectivity index (χ4n) is 1.98. The van der Waals surface area contributed by atoms with Crippen molar-refractivity contribution in [2.45, 2.75) is 20.3 Å². The second-order valence-corrected chi connectivity index (χ2v) is 5.05. The summed E-state index contributed by atoms with van der Waals surface area (Å²) in [4.78, 5) is 12.4. The summed E-state index contributed by atoms with van der Waals surface area (Å²) in [7, 11) is 0. The average Bonchev–Trinajstić information content (AvgIpc) is 2.53. The third-order valence-corrected chi connectivity index (χ3v) is 3.26. The number of carbonyl (C=O) groups is 1. The zero-order valence-electron chi connectivity index (χ0n) is 12.6. The highest BCUT2D eigenvalue weighted by atomic mass is 16.5. The summed E-state index contributed by atoms with van der Waals surface area (Å²) in [6, 6.07) is 15.0. The first kappa shape index (κ1) is 15.0. The number of ketones is 1. The average molecular weight is 280 g/mol. The van der Waals surface area contributed by atoms with Gasteiger partial charge in [0.2, 0.25) is 0 Å². The SMILES string of the molecule is C=C(C(=O)c1ccc(C)cc1)c1ccc(OCCC)cc1. The van der Waals surface area contributed by atoms with Crippen LogP contribution in [0.4, 0.5) is 0 Å². The number of allylic oxidation sites excluding steroid dienone is 1. The maximum absolute atomic E-state index is 12.4. The Bertz CT molecular complexity index is 622. The topological polar surface area (TPSA) is 26.3 Å². The van der Waals surface area contributed by atoms with Gasteiger partial charge in [-0.3, -0.25) is 4.79 Å². The van der Waals surface area contributed by atoms with E-state index in [9.17, 15) is 4.79 Å². The smallest absolute Gasteiger partial charge is 0.193 e. The summed E-state index contributed by atoms with van der Waals surface area (Å²) < 4.78 is 5.53. The van der Waals surface area contributed by atoms with E-state index in [1.165, 1.54) is 0 Å². The van der Waals surface area contributed by atoms with Crippen LogP contribution in [0.3, 0.4) is 0 Å². The molecule has 0 N–H and O–H groups in total. The Labute approximate surface area is 126 Å². The van der Waals surface area contributed by atoms with Crippen LogP contribution in [-0.2, 0) is 0 Å². The molecule has 108 valence electrons. The Hall–Kier alpha value is -2.35. The fraction of sp³-hybridized carbons (Fsp3) is 0.211. The van der Waals surface area contributed by atoms with Gasteiger partial charge in [0.05, 0.1) is 6.61 Å². The van der Waals surface area contributed by atoms with E-state index < -0.39 is 0 Å². The molecule has 2 rings (SSSR count). The first-order valence-corrected chi connectivity index (χ1v) is 7.15. The molecule has 0 aliphatic rings. The molecule has 0 spiro atoms. The molecule has 0 radical (unpaired) electrons. The minimum atomic E-state index is -0.0442. The predicted octanol–water partition coefficient (Wildman–Crippen LogP) is 4.68. The lowest BCUT2D eigenvalue weighted by Gasteiger charge is -2.08. The molecule has 2 nitrogen and oxygen atoms in total. The van der Waals surface area contributed by atoms with E-state index in [0.717, 1.165) is 23.3 Å². The molecule has 0 saturated heterocycles. The molecular formula is C19H20O2. The molecule has 0 atom stereocenters. The Morgan fingerprint density at radius 3 is 2.14 bits per heavy atom. The summed E-state index contributed by atoms with van der Waals surface area (Å²) in [6.45, 7) is 8.69. The van der Waals surface area contributed by atoms with E-state index in [2.05, 4.69) is 13.5 Å². The monoisotopic (exact) mass is 280 g/mol. The maximum Gasteiger partial charge on any atom is 0.193 e. The van der Waals surface area contributed by atoms with E-state index in [4.69, 9.17) is 4.74 Å². The number of rotatable bonds is 6. The van der Waals surface area contributed by atoms with Gasteiger partial charge < -0.3 is 4.74 Å². The Balaban J connectivity index is 2.12. The normalized spacial score (nSPS) is 10.2. The van der Waals surface area contributed by atoms with Crippen LogP contribution in [0.2, 0.25) is 0 Å². The number of ether oxygens (including phenoxy) is 1. The van der Waals surface area contributed by atoms with Crippen LogP contribution < -0.4 is 4.74 Å². The van der Waals surface area contributed by atoms with Crippen LogP contribution in [0.25, 0.3) is 5.57 Å². The van der Waals surface area contributed by atoms with Crippen LogP contribution in [0.1, 0.15) is 34.8 Å². The molecule has 0 saturated carbocycles. The highest BCUT2D eigenvalue weighted by Crippen LogP contribution is 2.21. The van der Waals surface area contributed by atoms with E-state index in [-0.39, 0.29) is 5.78 Å². The third-order valence-electron chi connectivity index (χ3n) is 3.26. The van der Waals surface area contributed by atoms with Crippen molar-refractivity contribution >= 4 is 11.4 Å². The van der Waals surface area contributed by atoms with Crippen molar-refractivity contribution in [2.24, 2.45) is 0 Å². The molecule has 21 heavy (non-hydrogen) atoms. The number of benzene rings is 2. The van der Waals surface area contributed by atoms with Gasteiger partial charge in [0.15, 0.2) is 5.78 Å². The molecule has 0 heterocycles. The van der Waals surface area contributed by atoms with Crippen LogP contribution in [0.15, 0.2) is 55.1 Å². The summed E-state index contributed by atoms with van der Waals surface area (Å²) in [5, 5.41) is 0. The van der Waals surface area contributed by atoms with Crippen LogP contribution in [-0.4, -0.2) is 12.4 Å². The molecule has 0 amide bonds. The molecule has 0 aliphatic carbocycles. The van der Waals surface area contributed by atoms with Gasteiger partial charge in [0, 0.05) is 11.1 Å². The number of aryl methyl sites for hydroxylation is 1. The minimum absolute atomic E-state index is 0.0442. The summed E-state index contributed by atoms with van der Waals surface area (Å²) >= 11 is 0. The standard InChI is InChI=1S/C19H20O2/c1-4-13-21-18-11-9-16(10-12-18)15(3)19(20)17-7-5-14(2)6-8-17/h5-12H,3-4,13H2,1-2H3. The third kappa shape index (κ3) is 3.82. The summed E-state index contributed by atoms with van der Waals surface area (Å²) in [5.41, 5.74) is 3.12. The molecule has 2 aromatic carbocycles. The first-order chi connectivity index (χ1) is 10.1. The van der Waals surface area contributed by atoms with Gasteiger partial charge in [-0.05, 0) is 31.0 Å². The second-order valence-electron chi connectivity index (χ2n) is 5.05. The first-order valence-electron chi connectivity index (χ1n) is 7.15. The molecule has 0 aromatic heterocycles. The van der Waals surface area contributed by atoms with Crippen molar-refractivity contribution in [3.63, 3.8) is 0 Å². The van der Waals surface area contributed by atoms with E-state index in [1.54, 1.807) is 0 Å². The molecule has 0 fully saturated rings. The van der Waals surface area contributed by atoms with Gasteiger partial charge in [0.1, 0.15) is 5.75 Å². The van der Waals surface area contributed by atoms with Crippen molar-refractivity contribution in [3.05, 3.63) is 71.8 Å². The number of carbonyl (C=O) groups excluding carboxylic acids is 1. The Kier molecular flexibility index (Phi) is 4.94. The lowest BCUT2D eigenvalue weighted by atomic mass is 9.97. The van der Waals surface area contributed by atoms with Crippen LogP contribution in [0.5, 0.6) is 5.75 Å². The zero-order chi connectivity index (χ0) is 15.2. The highest BCUT2D eigenvalue weighted by molar-refractivity contribution is 6.28. The van der Waals surface area contributed by atoms with Gasteiger partial charge >= 0.3 is 0 Å². The fourth-order valence-corrected chi connectivity index (χ4v) is 1.98. The molecule has 2 heteroatoms. The van der Waals surface area contributed by atoms with E-state index >= 15 is 0 Å². The Morgan fingerprint density at radius 1 is 1.00 bits per heavy atom. The van der Waals surface area contributed by atoms with Gasteiger partial charge in [-0.1, -0.05) is 55.5 Å². The van der Waals surface area contributed by atoms with Crippen LogP contribution >= 0.6 is 0 Å². The lowest BCUT2D eigenvalue weighted by Crippen LogP contribution is -2.02. The minimum Gasteiger partial charge on any atom is -0.494 e. The predicted molar refractivity (Wildman–Crippen MR) is 86.8 cm³/mol. The zero-order valence-corrected chi connectivity index (χ0v) is 12.6. The van der Waals surface area contributed by atoms with Crippen molar-refractivity contribution < 1.29 is 9.53 Å². The molecule has 0 unspecified atom stereocenters. The molecule has 2 aromatic rings. The van der Waals surface area contributed by atoms with E-state index in [1.807, 2.05) is 55.5 Å². The largest absolute Gasteiger partial charge is 0.494 e. The lowest BCUT2D eigenvalue weighted by molar-refractivity contribution is 0.105. The highest BCUT2D eigenvalue weighted by Gasteiger charge is 2.12. The van der Waals surface area contributed by atoms with Crippen molar-refractivity contribution in [1.82, 2.24) is 0 Å². The summed E-state index contributed by atoms with van der Waals surface area (Å²) in [5.74, 6) is 0.772. The second kappa shape index (κ2) is 6.89. The molecule has 0 aliphatic heterocycles. The van der Waals surface area contributed by atoms with Gasteiger partial charge in [0.25, 0.3) is 0 Å².